The lowest BCUT2D eigenvalue weighted by molar-refractivity contribution is -0.171. The minimum atomic E-state index is -1.29. The summed E-state index contributed by atoms with van der Waals surface area (Å²) in [4.78, 5) is 24.4. The Kier molecular flexibility index (Phi) is 5.60. The number of esters is 2. The van der Waals surface area contributed by atoms with Crippen LogP contribution in [-0.4, -0.2) is 25.2 Å². The molecule has 1 unspecified atom stereocenters. The number of hydrogen-bond donors (Lipinski definition) is 0. The fourth-order valence-corrected chi connectivity index (χ4v) is 2.58. The van der Waals surface area contributed by atoms with Gasteiger partial charge in [0.15, 0.2) is 5.41 Å². The lowest BCUT2D eigenvalue weighted by Gasteiger charge is -2.23. The number of ether oxygens (including phenoxy) is 2. The Hall–Kier alpha value is -1.29. The first-order valence-corrected chi connectivity index (χ1v) is 6.75. The van der Waals surface area contributed by atoms with E-state index in [4.69, 9.17) is 21.1 Å². The topological polar surface area (TPSA) is 52.6 Å². The summed E-state index contributed by atoms with van der Waals surface area (Å²) in [6.07, 6.45) is 2.21. The molecule has 0 saturated heterocycles. The van der Waals surface area contributed by atoms with Gasteiger partial charge in [-0.3, -0.25) is 9.59 Å². The van der Waals surface area contributed by atoms with Gasteiger partial charge in [0.2, 0.25) is 0 Å². The summed E-state index contributed by atoms with van der Waals surface area (Å²) >= 11 is 5.76. The highest BCUT2D eigenvalue weighted by Crippen LogP contribution is 2.48. The van der Waals surface area contributed by atoms with Crippen LogP contribution in [0.5, 0.6) is 0 Å². The predicted octanol–water partition coefficient (Wildman–Crippen LogP) is 2.82. The van der Waals surface area contributed by atoms with Gasteiger partial charge in [0, 0.05) is 11.5 Å². The molecule has 106 valence electrons. The summed E-state index contributed by atoms with van der Waals surface area (Å²) in [6, 6.07) is 0. The van der Waals surface area contributed by atoms with Crippen molar-refractivity contribution in [2.45, 2.75) is 26.7 Å². The van der Waals surface area contributed by atoms with E-state index >= 15 is 0 Å². The zero-order valence-electron chi connectivity index (χ0n) is 11.3. The van der Waals surface area contributed by atoms with Crippen molar-refractivity contribution in [2.24, 2.45) is 11.3 Å². The predicted molar refractivity (Wildman–Crippen MR) is 72.6 cm³/mol. The summed E-state index contributed by atoms with van der Waals surface area (Å²) in [5.74, 6) is -1.20. The van der Waals surface area contributed by atoms with Gasteiger partial charge in [-0.15, -0.1) is 6.58 Å². The molecule has 0 aromatic rings. The van der Waals surface area contributed by atoms with Crippen LogP contribution in [-0.2, 0) is 19.1 Å². The Morgan fingerprint density at radius 1 is 1.37 bits per heavy atom. The molecule has 1 atom stereocenters. The van der Waals surface area contributed by atoms with Crippen LogP contribution in [0.1, 0.15) is 26.7 Å². The van der Waals surface area contributed by atoms with Crippen molar-refractivity contribution in [3.63, 3.8) is 0 Å². The summed E-state index contributed by atoms with van der Waals surface area (Å²) in [6.45, 7) is 7.56. The number of carbonyl (C=O) groups is 2. The fraction of sp³-hybridized carbons (Fsp3) is 0.571. The van der Waals surface area contributed by atoms with Crippen molar-refractivity contribution < 1.29 is 19.1 Å². The molecule has 0 spiro atoms. The molecule has 0 aromatic carbocycles. The van der Waals surface area contributed by atoms with Crippen molar-refractivity contribution >= 4 is 23.5 Å². The third-order valence-electron chi connectivity index (χ3n) is 3.31. The van der Waals surface area contributed by atoms with Gasteiger partial charge >= 0.3 is 11.9 Å². The van der Waals surface area contributed by atoms with Gasteiger partial charge in [0.1, 0.15) is 0 Å². The van der Waals surface area contributed by atoms with Crippen LogP contribution in [0.3, 0.4) is 0 Å². The fourth-order valence-electron chi connectivity index (χ4n) is 2.35. The minimum Gasteiger partial charge on any atom is -0.465 e. The van der Waals surface area contributed by atoms with E-state index in [0.717, 1.165) is 5.57 Å². The molecule has 1 rings (SSSR count). The zero-order chi connectivity index (χ0) is 14.5. The molecular formula is C14H19ClO4. The number of carbonyl (C=O) groups excluding carboxylic acids is 2. The minimum absolute atomic E-state index is 0.105. The first-order chi connectivity index (χ1) is 9.05. The van der Waals surface area contributed by atoms with Gasteiger partial charge in [-0.05, 0) is 26.7 Å². The van der Waals surface area contributed by atoms with E-state index in [-0.39, 0.29) is 25.6 Å². The lowest BCUT2D eigenvalue weighted by atomic mass is 9.85. The normalized spacial score (nSPS) is 23.1. The highest BCUT2D eigenvalue weighted by molar-refractivity contribution is 6.25. The van der Waals surface area contributed by atoms with Gasteiger partial charge in [0.05, 0.1) is 13.2 Å². The molecule has 0 amide bonds. The molecule has 0 aromatic heterocycles. The van der Waals surface area contributed by atoms with E-state index in [0.29, 0.717) is 6.42 Å². The van der Waals surface area contributed by atoms with Gasteiger partial charge in [-0.1, -0.05) is 23.3 Å². The quantitative estimate of drug-likeness (QED) is 0.443. The maximum Gasteiger partial charge on any atom is 0.323 e. The molecule has 0 bridgehead atoms. The van der Waals surface area contributed by atoms with Gasteiger partial charge < -0.3 is 9.47 Å². The third kappa shape index (κ3) is 3.00. The second-order valence-corrected chi connectivity index (χ2v) is 4.65. The first kappa shape index (κ1) is 15.8. The molecule has 0 aliphatic heterocycles. The molecule has 1 aliphatic rings. The molecule has 0 N–H and O–H groups in total. The number of allylic oxidation sites excluding steroid dienone is 2. The molecule has 0 heterocycles. The second-order valence-electron chi connectivity index (χ2n) is 4.43. The van der Waals surface area contributed by atoms with E-state index in [1.54, 1.807) is 19.9 Å². The molecule has 0 radical (unpaired) electrons. The maximum atomic E-state index is 12.2. The Bertz CT molecular complexity index is 382. The van der Waals surface area contributed by atoms with Crippen LogP contribution < -0.4 is 0 Å². The second kappa shape index (κ2) is 6.75. The first-order valence-electron chi connectivity index (χ1n) is 6.31. The van der Waals surface area contributed by atoms with Crippen LogP contribution in [0.2, 0.25) is 0 Å². The highest BCUT2D eigenvalue weighted by atomic mass is 35.5. The van der Waals surface area contributed by atoms with E-state index in [1.807, 2.05) is 0 Å². The average molecular weight is 287 g/mol. The molecular weight excluding hydrogens is 268 g/mol. The molecule has 5 heteroatoms. The summed E-state index contributed by atoms with van der Waals surface area (Å²) in [7, 11) is 0. The van der Waals surface area contributed by atoms with Gasteiger partial charge in [-0.2, -0.15) is 0 Å². The summed E-state index contributed by atoms with van der Waals surface area (Å²) in [5, 5.41) is 0. The zero-order valence-corrected chi connectivity index (χ0v) is 12.0. The lowest BCUT2D eigenvalue weighted by Crippen LogP contribution is -2.40. The van der Waals surface area contributed by atoms with Crippen molar-refractivity contribution in [1.29, 1.82) is 0 Å². The van der Waals surface area contributed by atoms with E-state index in [9.17, 15) is 9.59 Å². The monoisotopic (exact) mass is 286 g/mol. The highest BCUT2D eigenvalue weighted by Gasteiger charge is 2.55. The van der Waals surface area contributed by atoms with Crippen molar-refractivity contribution in [3.8, 4) is 0 Å². The number of rotatable bonds is 5. The molecule has 4 nitrogen and oxygen atoms in total. The van der Waals surface area contributed by atoms with Crippen LogP contribution in [0.4, 0.5) is 0 Å². The van der Waals surface area contributed by atoms with Crippen LogP contribution in [0, 0.1) is 11.3 Å². The van der Waals surface area contributed by atoms with E-state index in [1.165, 1.54) is 5.54 Å². The average Bonchev–Trinajstić information content (AvgIpc) is 2.79. The van der Waals surface area contributed by atoms with Gasteiger partial charge in [-0.25, -0.2) is 0 Å². The molecule has 1 fully saturated rings. The number of hydrogen-bond acceptors (Lipinski definition) is 4. The smallest absolute Gasteiger partial charge is 0.323 e. The molecule has 1 aliphatic carbocycles. The Morgan fingerprint density at radius 2 is 1.89 bits per heavy atom. The Balaban J connectivity index is 3.11. The van der Waals surface area contributed by atoms with Crippen molar-refractivity contribution in [3.05, 3.63) is 23.8 Å². The Labute approximate surface area is 118 Å². The Morgan fingerprint density at radius 3 is 2.21 bits per heavy atom. The largest absolute Gasteiger partial charge is 0.465 e. The standard InChI is InChI=1S/C14H19ClO4/c1-4-10-7-14(8-11(10)9-15,12(16)18-5-2)13(17)19-6-3/h4,9-10H,1,5-8H2,2-3H3/b11-9+. The summed E-state index contributed by atoms with van der Waals surface area (Å²) in [5.41, 5.74) is 0.927. The number of halogens is 1. The van der Waals surface area contributed by atoms with E-state index < -0.39 is 17.4 Å². The van der Waals surface area contributed by atoms with Gasteiger partial charge in [0.25, 0.3) is 0 Å². The van der Waals surface area contributed by atoms with Crippen LogP contribution in [0.25, 0.3) is 0 Å². The SMILES string of the molecule is C=CC1CC(C(=O)OCC)(C(=O)OCC)C/C1=C\Cl. The third-order valence-corrected chi connectivity index (χ3v) is 3.59. The van der Waals surface area contributed by atoms with Crippen LogP contribution in [0.15, 0.2) is 23.8 Å². The van der Waals surface area contributed by atoms with Crippen LogP contribution >= 0.6 is 11.6 Å². The van der Waals surface area contributed by atoms with Crippen molar-refractivity contribution in [1.82, 2.24) is 0 Å². The molecule has 1 saturated carbocycles. The molecule has 19 heavy (non-hydrogen) atoms. The maximum absolute atomic E-state index is 12.2. The summed E-state index contributed by atoms with van der Waals surface area (Å²) < 4.78 is 10.1. The van der Waals surface area contributed by atoms with E-state index in [2.05, 4.69) is 6.58 Å². The van der Waals surface area contributed by atoms with Crippen molar-refractivity contribution in [2.75, 3.05) is 13.2 Å².